The van der Waals surface area contributed by atoms with Crippen molar-refractivity contribution in [2.24, 2.45) is 0 Å². The Labute approximate surface area is 188 Å². The summed E-state index contributed by atoms with van der Waals surface area (Å²) in [5.41, 5.74) is 0.442. The van der Waals surface area contributed by atoms with Crippen LogP contribution in [0.3, 0.4) is 0 Å². The van der Waals surface area contributed by atoms with Gasteiger partial charge < -0.3 is 25.2 Å². The average molecular weight is 438 g/mol. The molecule has 1 atom stereocenters. The summed E-state index contributed by atoms with van der Waals surface area (Å²) in [7, 11) is 4.02. The van der Waals surface area contributed by atoms with E-state index in [-0.39, 0.29) is 5.91 Å². The fourth-order valence-electron chi connectivity index (χ4n) is 4.94. The first-order valence-electron chi connectivity index (χ1n) is 11.5. The topological polar surface area (TPSA) is 95.5 Å². The van der Waals surface area contributed by atoms with E-state index in [4.69, 9.17) is 4.74 Å². The van der Waals surface area contributed by atoms with E-state index in [1.165, 1.54) is 12.8 Å². The van der Waals surface area contributed by atoms with Gasteiger partial charge in [-0.1, -0.05) is 12.8 Å². The molecule has 1 amide bonds. The molecule has 9 heteroatoms. The maximum Gasteiger partial charge on any atom is 0.248 e. The number of amides is 1. The molecule has 1 saturated carbocycles. The van der Waals surface area contributed by atoms with Gasteiger partial charge in [-0.25, -0.2) is 9.97 Å². The van der Waals surface area contributed by atoms with Crippen molar-refractivity contribution < 1.29 is 9.53 Å². The number of nitrogens with one attached hydrogen (secondary N) is 2. The smallest absolute Gasteiger partial charge is 0.248 e. The third-order valence-corrected chi connectivity index (χ3v) is 6.71. The van der Waals surface area contributed by atoms with Crippen molar-refractivity contribution in [2.45, 2.75) is 50.1 Å². The van der Waals surface area contributed by atoms with E-state index in [0.717, 1.165) is 49.5 Å². The molecule has 2 fully saturated rings. The van der Waals surface area contributed by atoms with Gasteiger partial charge in [0.1, 0.15) is 29.5 Å². The van der Waals surface area contributed by atoms with Crippen molar-refractivity contribution >= 4 is 23.5 Å². The number of hydrogen-bond donors (Lipinski definition) is 2. The van der Waals surface area contributed by atoms with Crippen LogP contribution in [0.2, 0.25) is 0 Å². The Morgan fingerprint density at radius 3 is 2.84 bits per heavy atom. The number of aromatic nitrogens is 3. The number of ether oxygens (including phenoxy) is 1. The molecule has 0 aromatic carbocycles. The highest BCUT2D eigenvalue weighted by molar-refractivity contribution is 5.94. The molecule has 2 aliphatic heterocycles. The fraction of sp³-hybridized carbons (Fsp3) is 0.565. The number of pyridine rings is 1. The number of likely N-dealkylation sites (N-methyl/N-ethyl adjacent to an activating group) is 1. The standard InChI is InChI=1S/C23H31N7O2/c1-29(2)11-12-32-18-7-8-19(24-15-18)26-22-25-14-16-13-23(28-20(16)27-22)9-10-30(21(23)31)17-5-3-4-6-17/h7-8,14-15,17H,3-6,9-13H2,1-2H3,(H2,24,25,26,27,28). The number of hydrogen-bond acceptors (Lipinski definition) is 8. The number of anilines is 3. The number of rotatable bonds is 7. The molecule has 1 unspecified atom stereocenters. The second-order valence-corrected chi connectivity index (χ2v) is 9.29. The van der Waals surface area contributed by atoms with Crippen LogP contribution in [0, 0.1) is 0 Å². The molecule has 1 aliphatic carbocycles. The van der Waals surface area contributed by atoms with Crippen LogP contribution >= 0.6 is 0 Å². The molecular formula is C23H31N7O2. The first kappa shape index (κ1) is 20.9. The Kier molecular flexibility index (Phi) is 5.58. The summed E-state index contributed by atoms with van der Waals surface area (Å²) in [6.45, 7) is 2.29. The van der Waals surface area contributed by atoms with Gasteiger partial charge in [0.2, 0.25) is 11.9 Å². The Morgan fingerprint density at radius 2 is 2.09 bits per heavy atom. The fourth-order valence-corrected chi connectivity index (χ4v) is 4.94. The average Bonchev–Trinajstić information content (AvgIpc) is 3.49. The third-order valence-electron chi connectivity index (χ3n) is 6.71. The summed E-state index contributed by atoms with van der Waals surface area (Å²) in [6.07, 6.45) is 9.70. The molecular weight excluding hydrogens is 406 g/mol. The maximum atomic E-state index is 13.3. The molecule has 5 rings (SSSR count). The van der Waals surface area contributed by atoms with Gasteiger partial charge >= 0.3 is 0 Å². The zero-order valence-electron chi connectivity index (χ0n) is 18.8. The van der Waals surface area contributed by atoms with Crippen molar-refractivity contribution in [3.05, 3.63) is 30.1 Å². The second-order valence-electron chi connectivity index (χ2n) is 9.29. The molecule has 4 heterocycles. The molecule has 0 bridgehead atoms. The van der Waals surface area contributed by atoms with E-state index in [2.05, 4.69) is 35.4 Å². The normalized spacial score (nSPS) is 22.6. The van der Waals surface area contributed by atoms with Crippen molar-refractivity contribution in [2.75, 3.05) is 44.4 Å². The predicted molar refractivity (Wildman–Crippen MR) is 122 cm³/mol. The summed E-state index contributed by atoms with van der Waals surface area (Å²) in [6, 6.07) is 4.13. The molecule has 32 heavy (non-hydrogen) atoms. The van der Waals surface area contributed by atoms with Crippen LogP contribution < -0.4 is 15.4 Å². The lowest BCUT2D eigenvalue weighted by Crippen LogP contribution is -2.47. The SMILES string of the molecule is CN(C)CCOc1ccc(Nc2ncc3c(n2)NC2(CCN(C4CCCC4)C2=O)C3)nc1. The first-order chi connectivity index (χ1) is 15.5. The van der Waals surface area contributed by atoms with Crippen LogP contribution in [-0.4, -0.2) is 76.0 Å². The zero-order chi connectivity index (χ0) is 22.1. The number of fused-ring (bicyclic) bond motifs is 1. The second kappa shape index (κ2) is 8.54. The van der Waals surface area contributed by atoms with Crippen LogP contribution in [0.5, 0.6) is 5.75 Å². The summed E-state index contributed by atoms with van der Waals surface area (Å²) >= 11 is 0. The molecule has 2 aromatic rings. The highest BCUT2D eigenvalue weighted by Crippen LogP contribution is 2.40. The summed E-state index contributed by atoms with van der Waals surface area (Å²) in [4.78, 5) is 30.9. The summed E-state index contributed by atoms with van der Waals surface area (Å²) < 4.78 is 5.68. The van der Waals surface area contributed by atoms with Gasteiger partial charge in [-0.3, -0.25) is 4.79 Å². The minimum Gasteiger partial charge on any atom is -0.491 e. The number of nitrogens with zero attached hydrogens (tertiary/aromatic N) is 5. The quantitative estimate of drug-likeness (QED) is 0.682. The third kappa shape index (κ3) is 4.09. The molecule has 2 aromatic heterocycles. The maximum absolute atomic E-state index is 13.3. The van der Waals surface area contributed by atoms with Crippen molar-refractivity contribution in [1.29, 1.82) is 0 Å². The lowest BCUT2D eigenvalue weighted by atomic mass is 9.94. The van der Waals surface area contributed by atoms with Gasteiger partial charge in [0.05, 0.1) is 6.20 Å². The van der Waals surface area contributed by atoms with E-state index in [1.807, 2.05) is 32.4 Å². The predicted octanol–water partition coefficient (Wildman–Crippen LogP) is 2.44. The highest BCUT2D eigenvalue weighted by atomic mass is 16.5. The molecule has 3 aliphatic rings. The van der Waals surface area contributed by atoms with Gasteiger partial charge in [0.25, 0.3) is 0 Å². The van der Waals surface area contributed by atoms with E-state index >= 15 is 0 Å². The number of carbonyl (C=O) groups excluding carboxylic acids is 1. The van der Waals surface area contributed by atoms with Crippen LogP contribution in [0.4, 0.5) is 17.6 Å². The van der Waals surface area contributed by atoms with Crippen LogP contribution in [0.15, 0.2) is 24.5 Å². The minimum absolute atomic E-state index is 0.225. The van der Waals surface area contributed by atoms with Gasteiger partial charge in [-0.2, -0.15) is 4.98 Å². The number of likely N-dealkylation sites (tertiary alicyclic amines) is 1. The first-order valence-corrected chi connectivity index (χ1v) is 11.5. The summed E-state index contributed by atoms with van der Waals surface area (Å²) in [5.74, 6) is 2.79. The van der Waals surface area contributed by atoms with Crippen LogP contribution in [0.25, 0.3) is 0 Å². The van der Waals surface area contributed by atoms with Crippen molar-refractivity contribution in [3.8, 4) is 5.75 Å². The van der Waals surface area contributed by atoms with E-state index in [0.29, 0.717) is 30.8 Å². The molecule has 0 radical (unpaired) electrons. The Morgan fingerprint density at radius 1 is 1.25 bits per heavy atom. The highest BCUT2D eigenvalue weighted by Gasteiger charge is 2.52. The molecule has 9 nitrogen and oxygen atoms in total. The lowest BCUT2D eigenvalue weighted by Gasteiger charge is -2.27. The van der Waals surface area contributed by atoms with Gasteiger partial charge in [-0.15, -0.1) is 0 Å². The van der Waals surface area contributed by atoms with Crippen molar-refractivity contribution in [1.82, 2.24) is 24.8 Å². The largest absolute Gasteiger partial charge is 0.491 e. The lowest BCUT2D eigenvalue weighted by molar-refractivity contribution is -0.133. The molecule has 1 saturated heterocycles. The van der Waals surface area contributed by atoms with E-state index < -0.39 is 5.54 Å². The Hall–Kier alpha value is -2.94. The summed E-state index contributed by atoms with van der Waals surface area (Å²) in [5, 5.41) is 6.60. The van der Waals surface area contributed by atoms with Crippen LogP contribution in [-0.2, 0) is 11.2 Å². The number of carbonyl (C=O) groups is 1. The van der Waals surface area contributed by atoms with Gasteiger partial charge in [0.15, 0.2) is 0 Å². The Bertz CT molecular complexity index is 975. The monoisotopic (exact) mass is 437 g/mol. The van der Waals surface area contributed by atoms with Crippen molar-refractivity contribution in [3.63, 3.8) is 0 Å². The molecule has 1 spiro atoms. The van der Waals surface area contributed by atoms with E-state index in [1.54, 1.807) is 6.20 Å². The van der Waals surface area contributed by atoms with Gasteiger partial charge in [0, 0.05) is 37.3 Å². The molecule has 2 N–H and O–H groups in total. The van der Waals surface area contributed by atoms with Gasteiger partial charge in [-0.05, 0) is 45.5 Å². The minimum atomic E-state index is -0.554. The Balaban J connectivity index is 1.22. The molecule has 170 valence electrons. The van der Waals surface area contributed by atoms with E-state index in [9.17, 15) is 4.79 Å². The van der Waals surface area contributed by atoms with Crippen LogP contribution in [0.1, 0.15) is 37.7 Å². The zero-order valence-corrected chi connectivity index (χ0v) is 18.8.